The van der Waals surface area contributed by atoms with E-state index in [-0.39, 0.29) is 11.9 Å². The summed E-state index contributed by atoms with van der Waals surface area (Å²) >= 11 is 0. The number of benzene rings is 1. The first-order valence-electron chi connectivity index (χ1n) is 7.67. The molecule has 1 amide bonds. The van der Waals surface area contributed by atoms with Crippen LogP contribution >= 0.6 is 0 Å². The maximum absolute atomic E-state index is 12.6. The van der Waals surface area contributed by atoms with E-state index in [9.17, 15) is 4.79 Å². The first-order valence-corrected chi connectivity index (χ1v) is 7.67. The minimum Gasteiger partial charge on any atom is -0.338 e. The van der Waals surface area contributed by atoms with E-state index in [1.807, 2.05) is 4.90 Å². The van der Waals surface area contributed by atoms with Gasteiger partial charge in [0.1, 0.15) is 0 Å². The van der Waals surface area contributed by atoms with E-state index in [4.69, 9.17) is 5.73 Å². The molecule has 110 valence electrons. The third-order valence-electron chi connectivity index (χ3n) is 4.40. The van der Waals surface area contributed by atoms with E-state index in [2.05, 4.69) is 32.0 Å². The van der Waals surface area contributed by atoms with Crippen LogP contribution in [-0.2, 0) is 11.2 Å². The van der Waals surface area contributed by atoms with Crippen molar-refractivity contribution in [3.8, 4) is 0 Å². The minimum atomic E-state index is 0.227. The topological polar surface area (TPSA) is 46.3 Å². The quantitative estimate of drug-likeness (QED) is 0.921. The molecule has 1 atom stereocenters. The van der Waals surface area contributed by atoms with Crippen LogP contribution in [0.1, 0.15) is 42.4 Å². The molecule has 0 spiro atoms. The Morgan fingerprint density at radius 3 is 2.75 bits per heavy atom. The molecule has 1 aliphatic rings. The van der Waals surface area contributed by atoms with Gasteiger partial charge in [-0.2, -0.15) is 0 Å². The molecule has 1 saturated heterocycles. The largest absolute Gasteiger partial charge is 0.338 e. The number of rotatable bonds is 3. The van der Waals surface area contributed by atoms with Gasteiger partial charge in [0, 0.05) is 19.1 Å². The van der Waals surface area contributed by atoms with E-state index < -0.39 is 0 Å². The summed E-state index contributed by atoms with van der Waals surface area (Å²) in [6.45, 7) is 5.64. The molecule has 1 aliphatic heterocycles. The molecule has 20 heavy (non-hydrogen) atoms. The van der Waals surface area contributed by atoms with Crippen LogP contribution in [0.3, 0.4) is 0 Å². The summed E-state index contributed by atoms with van der Waals surface area (Å²) in [5.74, 6) is 0.227. The predicted octanol–water partition coefficient (Wildman–Crippen LogP) is 2.58. The molecule has 3 heteroatoms. The van der Waals surface area contributed by atoms with Crippen molar-refractivity contribution in [2.45, 2.75) is 52.0 Å². The summed E-state index contributed by atoms with van der Waals surface area (Å²) < 4.78 is 0. The fourth-order valence-corrected chi connectivity index (χ4v) is 2.94. The molecule has 2 rings (SSSR count). The standard InChI is InChI=1S/C17H26N2O/c1-13-7-8-15(10-14(13)2)11-17(20)19-9-5-3-4-6-16(19)12-18/h7-8,10,16H,3-6,9,11-12,18H2,1-2H3. The minimum absolute atomic E-state index is 0.227. The normalized spacial score (nSPS) is 19.8. The number of amides is 1. The molecule has 1 aromatic carbocycles. The van der Waals surface area contributed by atoms with Gasteiger partial charge in [0.15, 0.2) is 0 Å². The second kappa shape index (κ2) is 6.89. The molecular formula is C17H26N2O. The van der Waals surface area contributed by atoms with Crippen molar-refractivity contribution in [1.29, 1.82) is 0 Å². The van der Waals surface area contributed by atoms with Gasteiger partial charge in [-0.25, -0.2) is 0 Å². The Hall–Kier alpha value is -1.35. The smallest absolute Gasteiger partial charge is 0.227 e. The summed E-state index contributed by atoms with van der Waals surface area (Å²) in [4.78, 5) is 14.6. The summed E-state index contributed by atoms with van der Waals surface area (Å²) in [7, 11) is 0. The van der Waals surface area contributed by atoms with Crippen molar-refractivity contribution in [3.05, 3.63) is 34.9 Å². The van der Waals surface area contributed by atoms with Gasteiger partial charge < -0.3 is 10.6 Å². The van der Waals surface area contributed by atoms with E-state index >= 15 is 0 Å². The lowest BCUT2D eigenvalue weighted by atomic mass is 10.0. The molecule has 2 N–H and O–H groups in total. The first kappa shape index (κ1) is 15.0. The fourth-order valence-electron chi connectivity index (χ4n) is 2.94. The molecule has 1 heterocycles. The Balaban J connectivity index is 2.07. The van der Waals surface area contributed by atoms with Crippen molar-refractivity contribution in [1.82, 2.24) is 4.90 Å². The third kappa shape index (κ3) is 3.60. The van der Waals surface area contributed by atoms with Crippen molar-refractivity contribution < 1.29 is 4.79 Å². The van der Waals surface area contributed by atoms with Crippen LogP contribution in [0.5, 0.6) is 0 Å². The zero-order chi connectivity index (χ0) is 14.5. The Kier molecular flexibility index (Phi) is 5.18. The Morgan fingerprint density at radius 2 is 2.05 bits per heavy atom. The molecule has 1 aromatic rings. The van der Waals surface area contributed by atoms with E-state index in [0.29, 0.717) is 13.0 Å². The molecule has 0 bridgehead atoms. The predicted molar refractivity (Wildman–Crippen MR) is 82.6 cm³/mol. The number of aryl methyl sites for hydroxylation is 2. The number of nitrogens with two attached hydrogens (primary N) is 1. The second-order valence-corrected chi connectivity index (χ2v) is 5.92. The van der Waals surface area contributed by atoms with Gasteiger partial charge in [0.25, 0.3) is 0 Å². The zero-order valence-corrected chi connectivity index (χ0v) is 12.7. The summed E-state index contributed by atoms with van der Waals surface area (Å²) in [5, 5.41) is 0. The number of likely N-dealkylation sites (tertiary alicyclic amines) is 1. The van der Waals surface area contributed by atoms with Crippen molar-refractivity contribution in [2.24, 2.45) is 5.73 Å². The van der Waals surface area contributed by atoms with Gasteiger partial charge >= 0.3 is 0 Å². The van der Waals surface area contributed by atoms with Crippen LogP contribution in [0.15, 0.2) is 18.2 Å². The molecule has 0 saturated carbocycles. The number of carbonyl (C=O) groups is 1. The van der Waals surface area contributed by atoms with Crippen molar-refractivity contribution in [2.75, 3.05) is 13.1 Å². The molecule has 0 aliphatic carbocycles. The van der Waals surface area contributed by atoms with Crippen LogP contribution in [0.2, 0.25) is 0 Å². The van der Waals surface area contributed by atoms with Crippen LogP contribution in [-0.4, -0.2) is 29.9 Å². The summed E-state index contributed by atoms with van der Waals surface area (Å²) in [6.07, 6.45) is 5.06. The average Bonchev–Trinajstić information content (AvgIpc) is 2.68. The SMILES string of the molecule is Cc1ccc(CC(=O)N2CCCCCC2CN)cc1C. The van der Waals surface area contributed by atoms with E-state index in [0.717, 1.165) is 24.9 Å². The number of nitrogens with zero attached hydrogens (tertiary/aromatic N) is 1. The lowest BCUT2D eigenvalue weighted by Crippen LogP contribution is -2.44. The zero-order valence-electron chi connectivity index (χ0n) is 12.7. The summed E-state index contributed by atoms with van der Waals surface area (Å²) in [6, 6.07) is 6.52. The van der Waals surface area contributed by atoms with Gasteiger partial charge in [0.05, 0.1) is 6.42 Å². The van der Waals surface area contributed by atoms with Crippen LogP contribution < -0.4 is 5.73 Å². The third-order valence-corrected chi connectivity index (χ3v) is 4.40. The second-order valence-electron chi connectivity index (χ2n) is 5.92. The molecule has 1 unspecified atom stereocenters. The monoisotopic (exact) mass is 274 g/mol. The molecule has 3 nitrogen and oxygen atoms in total. The van der Waals surface area contributed by atoms with Crippen LogP contribution in [0.4, 0.5) is 0 Å². The van der Waals surface area contributed by atoms with Crippen molar-refractivity contribution >= 4 is 5.91 Å². The summed E-state index contributed by atoms with van der Waals surface area (Å²) in [5.41, 5.74) is 9.48. The van der Waals surface area contributed by atoms with Crippen LogP contribution in [0, 0.1) is 13.8 Å². The Bertz CT molecular complexity index is 470. The van der Waals surface area contributed by atoms with Crippen LogP contribution in [0.25, 0.3) is 0 Å². The average molecular weight is 274 g/mol. The number of hydrogen-bond donors (Lipinski definition) is 1. The van der Waals surface area contributed by atoms with Gasteiger partial charge in [0.2, 0.25) is 5.91 Å². The van der Waals surface area contributed by atoms with E-state index in [1.54, 1.807) is 0 Å². The number of hydrogen-bond acceptors (Lipinski definition) is 2. The van der Waals surface area contributed by atoms with Gasteiger partial charge in [-0.3, -0.25) is 4.79 Å². The van der Waals surface area contributed by atoms with Gasteiger partial charge in [-0.1, -0.05) is 31.0 Å². The molecule has 1 fully saturated rings. The maximum atomic E-state index is 12.6. The fraction of sp³-hybridized carbons (Fsp3) is 0.588. The highest BCUT2D eigenvalue weighted by molar-refractivity contribution is 5.79. The highest BCUT2D eigenvalue weighted by Gasteiger charge is 2.24. The number of carbonyl (C=O) groups excluding carboxylic acids is 1. The molecular weight excluding hydrogens is 248 g/mol. The Morgan fingerprint density at radius 1 is 1.25 bits per heavy atom. The first-order chi connectivity index (χ1) is 9.61. The van der Waals surface area contributed by atoms with E-state index in [1.165, 1.54) is 24.0 Å². The van der Waals surface area contributed by atoms with Crippen molar-refractivity contribution in [3.63, 3.8) is 0 Å². The maximum Gasteiger partial charge on any atom is 0.227 e. The lowest BCUT2D eigenvalue weighted by Gasteiger charge is -2.29. The Labute approximate surface area is 122 Å². The highest BCUT2D eigenvalue weighted by atomic mass is 16.2. The highest BCUT2D eigenvalue weighted by Crippen LogP contribution is 2.18. The van der Waals surface area contributed by atoms with Gasteiger partial charge in [-0.05, 0) is 43.4 Å². The molecule has 0 radical (unpaired) electrons. The van der Waals surface area contributed by atoms with Gasteiger partial charge in [-0.15, -0.1) is 0 Å². The molecule has 0 aromatic heterocycles. The lowest BCUT2D eigenvalue weighted by molar-refractivity contribution is -0.132.